The summed E-state index contributed by atoms with van der Waals surface area (Å²) in [7, 11) is 2.10. The fourth-order valence-electron chi connectivity index (χ4n) is 2.38. The number of anilines is 1. The fraction of sp³-hybridized carbons (Fsp3) is 0.333. The Morgan fingerprint density at radius 3 is 2.38 bits per heavy atom. The molecule has 2 aromatic carbocycles. The maximum absolute atomic E-state index is 6.26. The molecular formula is C18H23ClN2. The van der Waals surface area contributed by atoms with Crippen LogP contribution in [0.2, 0.25) is 5.02 Å². The first-order valence-electron chi connectivity index (χ1n) is 7.42. The number of hydrogen-bond acceptors (Lipinski definition) is 2. The van der Waals surface area contributed by atoms with Gasteiger partial charge in [0.25, 0.3) is 0 Å². The van der Waals surface area contributed by atoms with Gasteiger partial charge in [0.2, 0.25) is 0 Å². The smallest absolute Gasteiger partial charge is 0.0453 e. The zero-order chi connectivity index (χ0) is 15.2. The first-order valence-corrected chi connectivity index (χ1v) is 7.79. The second-order valence-electron chi connectivity index (χ2n) is 5.36. The van der Waals surface area contributed by atoms with Gasteiger partial charge in [-0.1, -0.05) is 48.9 Å². The van der Waals surface area contributed by atoms with Crippen molar-refractivity contribution in [2.75, 3.05) is 18.5 Å². The topological polar surface area (TPSA) is 29.3 Å². The van der Waals surface area contributed by atoms with Crippen LogP contribution in [0.4, 0.5) is 5.69 Å². The Morgan fingerprint density at radius 1 is 1.10 bits per heavy atom. The standard InChI is InChI=1S/C18H23ClN2/c1-3-14-8-10-15(11-9-14)21(2)13-12-18(20)16-6-4-5-7-17(16)19/h4-11,18H,3,12-13,20H2,1-2H3. The second-order valence-corrected chi connectivity index (χ2v) is 5.77. The summed E-state index contributed by atoms with van der Waals surface area (Å²) < 4.78 is 0. The molecule has 0 heterocycles. The van der Waals surface area contributed by atoms with E-state index in [0.29, 0.717) is 0 Å². The number of nitrogens with two attached hydrogens (primary N) is 1. The molecule has 2 nitrogen and oxygen atoms in total. The zero-order valence-electron chi connectivity index (χ0n) is 12.7. The minimum Gasteiger partial charge on any atom is -0.375 e. The van der Waals surface area contributed by atoms with Crippen molar-refractivity contribution in [3.8, 4) is 0 Å². The molecule has 1 atom stereocenters. The maximum Gasteiger partial charge on any atom is 0.0453 e. The highest BCUT2D eigenvalue weighted by molar-refractivity contribution is 6.31. The summed E-state index contributed by atoms with van der Waals surface area (Å²) in [6.45, 7) is 3.07. The van der Waals surface area contributed by atoms with Crippen molar-refractivity contribution in [3.05, 3.63) is 64.7 Å². The summed E-state index contributed by atoms with van der Waals surface area (Å²) in [4.78, 5) is 2.23. The van der Waals surface area contributed by atoms with Gasteiger partial charge in [-0.25, -0.2) is 0 Å². The normalized spacial score (nSPS) is 12.2. The van der Waals surface area contributed by atoms with Gasteiger partial charge < -0.3 is 10.6 Å². The average molecular weight is 303 g/mol. The Hall–Kier alpha value is -1.51. The molecule has 0 fully saturated rings. The highest BCUT2D eigenvalue weighted by Gasteiger charge is 2.11. The Morgan fingerprint density at radius 2 is 1.76 bits per heavy atom. The van der Waals surface area contributed by atoms with Crippen LogP contribution in [-0.2, 0) is 6.42 Å². The van der Waals surface area contributed by atoms with E-state index in [4.69, 9.17) is 17.3 Å². The van der Waals surface area contributed by atoms with Crippen LogP contribution in [0.5, 0.6) is 0 Å². The number of aryl methyl sites for hydroxylation is 1. The molecule has 21 heavy (non-hydrogen) atoms. The van der Waals surface area contributed by atoms with Crippen LogP contribution < -0.4 is 10.6 Å². The van der Waals surface area contributed by atoms with E-state index < -0.39 is 0 Å². The van der Waals surface area contributed by atoms with Crippen molar-refractivity contribution >= 4 is 17.3 Å². The fourth-order valence-corrected chi connectivity index (χ4v) is 2.66. The van der Waals surface area contributed by atoms with Crippen molar-refractivity contribution in [3.63, 3.8) is 0 Å². The lowest BCUT2D eigenvalue weighted by molar-refractivity contribution is 0.646. The molecule has 0 aliphatic rings. The summed E-state index contributed by atoms with van der Waals surface area (Å²) in [6.07, 6.45) is 1.94. The molecule has 0 bridgehead atoms. The molecule has 0 aliphatic carbocycles. The van der Waals surface area contributed by atoms with Crippen LogP contribution in [0, 0.1) is 0 Å². The summed E-state index contributed by atoms with van der Waals surface area (Å²) in [6, 6.07) is 16.5. The predicted octanol–water partition coefficient (Wildman–Crippen LogP) is 4.43. The lowest BCUT2D eigenvalue weighted by atomic mass is 10.0. The highest BCUT2D eigenvalue weighted by Crippen LogP contribution is 2.24. The third kappa shape index (κ3) is 4.23. The number of benzene rings is 2. The van der Waals surface area contributed by atoms with E-state index in [0.717, 1.165) is 30.0 Å². The molecule has 3 heteroatoms. The van der Waals surface area contributed by atoms with Crippen molar-refractivity contribution in [2.24, 2.45) is 5.73 Å². The van der Waals surface area contributed by atoms with Crippen LogP contribution >= 0.6 is 11.6 Å². The largest absolute Gasteiger partial charge is 0.375 e. The van der Waals surface area contributed by atoms with Crippen molar-refractivity contribution in [1.82, 2.24) is 0 Å². The van der Waals surface area contributed by atoms with Crippen LogP contribution in [0.3, 0.4) is 0 Å². The summed E-state index contributed by atoms with van der Waals surface area (Å²) >= 11 is 6.19. The Labute approximate surface area is 132 Å². The molecule has 2 aromatic rings. The average Bonchev–Trinajstić information content (AvgIpc) is 2.52. The van der Waals surface area contributed by atoms with E-state index in [1.807, 2.05) is 24.3 Å². The minimum absolute atomic E-state index is 0.0314. The Kier molecular flexibility index (Phi) is 5.66. The van der Waals surface area contributed by atoms with E-state index in [2.05, 4.69) is 43.1 Å². The Bertz CT molecular complexity index is 566. The van der Waals surface area contributed by atoms with Crippen LogP contribution in [-0.4, -0.2) is 13.6 Å². The molecule has 2 N–H and O–H groups in total. The number of nitrogens with zero attached hydrogens (tertiary/aromatic N) is 1. The SMILES string of the molecule is CCc1ccc(N(C)CCC(N)c2ccccc2Cl)cc1. The van der Waals surface area contributed by atoms with E-state index in [-0.39, 0.29) is 6.04 Å². The first-order chi connectivity index (χ1) is 10.1. The van der Waals surface area contributed by atoms with Crippen molar-refractivity contribution in [1.29, 1.82) is 0 Å². The number of halogens is 1. The van der Waals surface area contributed by atoms with Gasteiger partial charge in [0, 0.05) is 30.3 Å². The monoisotopic (exact) mass is 302 g/mol. The van der Waals surface area contributed by atoms with Crippen LogP contribution in [0.1, 0.15) is 30.5 Å². The van der Waals surface area contributed by atoms with Gasteiger partial charge in [-0.05, 0) is 42.2 Å². The molecular weight excluding hydrogens is 280 g/mol. The van der Waals surface area contributed by atoms with Crippen molar-refractivity contribution in [2.45, 2.75) is 25.8 Å². The molecule has 112 valence electrons. The quantitative estimate of drug-likeness (QED) is 0.855. The van der Waals surface area contributed by atoms with E-state index in [1.165, 1.54) is 11.3 Å². The van der Waals surface area contributed by atoms with Gasteiger partial charge >= 0.3 is 0 Å². The number of hydrogen-bond donors (Lipinski definition) is 1. The molecule has 2 rings (SSSR count). The molecule has 0 aromatic heterocycles. The zero-order valence-corrected chi connectivity index (χ0v) is 13.5. The highest BCUT2D eigenvalue weighted by atomic mass is 35.5. The van der Waals surface area contributed by atoms with E-state index in [1.54, 1.807) is 0 Å². The van der Waals surface area contributed by atoms with Gasteiger partial charge in [-0.2, -0.15) is 0 Å². The molecule has 0 saturated carbocycles. The molecule has 0 amide bonds. The molecule has 0 saturated heterocycles. The van der Waals surface area contributed by atoms with Gasteiger partial charge in [0.05, 0.1) is 0 Å². The van der Waals surface area contributed by atoms with Crippen molar-refractivity contribution < 1.29 is 0 Å². The Balaban J connectivity index is 1.94. The summed E-state index contributed by atoms with van der Waals surface area (Å²) in [5.41, 5.74) is 9.86. The van der Waals surface area contributed by atoms with Crippen LogP contribution in [0.15, 0.2) is 48.5 Å². The molecule has 0 radical (unpaired) electrons. The lowest BCUT2D eigenvalue weighted by Crippen LogP contribution is -2.23. The third-order valence-electron chi connectivity index (χ3n) is 3.87. The number of rotatable bonds is 6. The van der Waals surface area contributed by atoms with Crippen LogP contribution in [0.25, 0.3) is 0 Å². The molecule has 0 spiro atoms. The lowest BCUT2D eigenvalue weighted by Gasteiger charge is -2.22. The first kappa shape index (κ1) is 15.9. The minimum atomic E-state index is -0.0314. The predicted molar refractivity (Wildman–Crippen MR) is 92.1 cm³/mol. The molecule has 0 aliphatic heterocycles. The maximum atomic E-state index is 6.26. The summed E-state index contributed by atoms with van der Waals surface area (Å²) in [5.74, 6) is 0. The van der Waals surface area contributed by atoms with E-state index in [9.17, 15) is 0 Å². The van der Waals surface area contributed by atoms with Gasteiger partial charge in [-0.3, -0.25) is 0 Å². The van der Waals surface area contributed by atoms with Gasteiger partial charge in [-0.15, -0.1) is 0 Å². The second kappa shape index (κ2) is 7.48. The van der Waals surface area contributed by atoms with E-state index >= 15 is 0 Å². The van der Waals surface area contributed by atoms with Gasteiger partial charge in [0.1, 0.15) is 0 Å². The molecule has 1 unspecified atom stereocenters. The third-order valence-corrected chi connectivity index (χ3v) is 4.21. The summed E-state index contributed by atoms with van der Waals surface area (Å²) in [5, 5.41) is 0.750. The van der Waals surface area contributed by atoms with Gasteiger partial charge in [0.15, 0.2) is 0 Å².